The highest BCUT2D eigenvalue weighted by atomic mass is 32.1. The van der Waals surface area contributed by atoms with E-state index in [0.29, 0.717) is 0 Å². The minimum atomic E-state index is 0.904. The van der Waals surface area contributed by atoms with Gasteiger partial charge in [0.25, 0.3) is 0 Å². The Morgan fingerprint density at radius 2 is 2.10 bits per heavy atom. The Kier molecular flexibility index (Phi) is 2.91. The zero-order chi connectivity index (χ0) is 7.40. The lowest BCUT2D eigenvalue weighted by atomic mass is 10.3. The van der Waals surface area contributed by atoms with Crippen molar-refractivity contribution in [3.8, 4) is 0 Å². The topological polar surface area (TPSA) is 12.4 Å². The van der Waals surface area contributed by atoms with Gasteiger partial charge in [-0.2, -0.15) is 0 Å². The highest BCUT2D eigenvalue weighted by Gasteiger charge is 1.90. The van der Waals surface area contributed by atoms with Crippen LogP contribution in [0.25, 0.3) is 0 Å². The lowest BCUT2D eigenvalue weighted by Crippen LogP contribution is -1.66. The molecule has 0 fully saturated rings. The third kappa shape index (κ3) is 1.83. The van der Waals surface area contributed by atoms with Crippen LogP contribution < -0.4 is 0 Å². The van der Waals surface area contributed by atoms with Crippen molar-refractivity contribution in [2.75, 3.05) is 0 Å². The van der Waals surface area contributed by atoms with Gasteiger partial charge in [0.1, 0.15) is 0 Å². The maximum atomic E-state index is 4.21. The molecule has 52 valence electrons. The number of hydrogen-bond donors (Lipinski definition) is 1. The third-order valence-electron chi connectivity index (χ3n) is 1.10. The second-order valence-corrected chi connectivity index (χ2v) is 2.55. The van der Waals surface area contributed by atoms with Crippen LogP contribution >= 0.6 is 21.9 Å². The van der Waals surface area contributed by atoms with Crippen molar-refractivity contribution >= 4 is 33.5 Å². The van der Waals surface area contributed by atoms with Crippen molar-refractivity contribution in [3.05, 3.63) is 24.3 Å². The molecule has 10 heavy (non-hydrogen) atoms. The zero-order valence-corrected chi connectivity index (χ0v) is 7.41. The number of aliphatic imine (C=N–C) groups is 1. The Morgan fingerprint density at radius 3 is 2.70 bits per heavy atom. The molecule has 1 aromatic carbocycles. The van der Waals surface area contributed by atoms with Gasteiger partial charge in [-0.25, -0.2) is 0 Å². The molecule has 0 saturated heterocycles. The SMILES string of the molecule is P/C=N\c1ccccc1S. The molecule has 0 aromatic heterocycles. The molecule has 0 aliphatic carbocycles. The van der Waals surface area contributed by atoms with Gasteiger partial charge in [0.2, 0.25) is 0 Å². The van der Waals surface area contributed by atoms with Gasteiger partial charge in [-0.1, -0.05) is 21.4 Å². The van der Waals surface area contributed by atoms with Crippen LogP contribution in [-0.4, -0.2) is 5.96 Å². The van der Waals surface area contributed by atoms with Crippen LogP contribution in [0.5, 0.6) is 0 Å². The summed E-state index contributed by atoms with van der Waals surface area (Å²) in [4.78, 5) is 4.97. The Balaban J connectivity index is 3.03. The largest absolute Gasteiger partial charge is 0.256 e. The molecule has 1 aromatic rings. The summed E-state index contributed by atoms with van der Waals surface area (Å²) in [6.07, 6.45) is 0. The molecule has 0 radical (unpaired) electrons. The summed E-state index contributed by atoms with van der Waals surface area (Å²) in [6.45, 7) is 0. The Labute approximate surface area is 68.2 Å². The van der Waals surface area contributed by atoms with E-state index in [1.54, 1.807) is 5.96 Å². The first-order valence-corrected chi connectivity index (χ1v) is 3.98. The van der Waals surface area contributed by atoms with Crippen LogP contribution in [-0.2, 0) is 0 Å². The number of nitrogens with zero attached hydrogens (tertiary/aromatic N) is 1. The van der Waals surface area contributed by atoms with Gasteiger partial charge in [0, 0.05) is 10.9 Å². The van der Waals surface area contributed by atoms with Gasteiger partial charge < -0.3 is 0 Å². The van der Waals surface area contributed by atoms with E-state index in [-0.39, 0.29) is 0 Å². The van der Waals surface area contributed by atoms with Crippen LogP contribution in [0.2, 0.25) is 0 Å². The molecule has 1 rings (SSSR count). The Hall–Kier alpha value is -0.330. The maximum Gasteiger partial charge on any atom is 0.0762 e. The monoisotopic (exact) mass is 169 g/mol. The Morgan fingerprint density at radius 1 is 1.40 bits per heavy atom. The Bertz CT molecular complexity index is 247. The van der Waals surface area contributed by atoms with Crippen LogP contribution in [0, 0.1) is 0 Å². The van der Waals surface area contributed by atoms with E-state index in [0.717, 1.165) is 10.6 Å². The summed E-state index contributed by atoms with van der Waals surface area (Å²) in [6, 6.07) is 7.70. The summed E-state index contributed by atoms with van der Waals surface area (Å²) in [5.74, 6) is 1.68. The summed E-state index contributed by atoms with van der Waals surface area (Å²) < 4.78 is 0. The molecular formula is C7H8NPS. The van der Waals surface area contributed by atoms with E-state index in [1.165, 1.54) is 0 Å². The summed E-state index contributed by atoms with van der Waals surface area (Å²) in [5.41, 5.74) is 0.904. The molecule has 1 nitrogen and oxygen atoms in total. The van der Waals surface area contributed by atoms with E-state index in [9.17, 15) is 0 Å². The maximum absolute atomic E-state index is 4.21. The fraction of sp³-hybridized carbons (Fsp3) is 0. The van der Waals surface area contributed by atoms with Crippen LogP contribution in [0.3, 0.4) is 0 Å². The van der Waals surface area contributed by atoms with E-state index in [4.69, 9.17) is 0 Å². The first-order valence-electron chi connectivity index (χ1n) is 2.87. The molecule has 0 heterocycles. The minimum absolute atomic E-state index is 0.904. The molecule has 0 bridgehead atoms. The molecule has 0 aliphatic rings. The van der Waals surface area contributed by atoms with Crippen molar-refractivity contribution in [2.45, 2.75) is 4.90 Å². The van der Waals surface area contributed by atoms with Crippen molar-refractivity contribution in [1.82, 2.24) is 0 Å². The number of rotatable bonds is 1. The lowest BCUT2D eigenvalue weighted by Gasteiger charge is -1.94. The number of thiol groups is 1. The van der Waals surface area contributed by atoms with Gasteiger partial charge >= 0.3 is 0 Å². The standard InChI is InChI=1S/C7H8NPS/c9-5-8-6-3-1-2-4-7(6)10/h1-5,10H,9H2/b8-5-. The minimum Gasteiger partial charge on any atom is -0.256 e. The summed E-state index contributed by atoms with van der Waals surface area (Å²) in [5, 5.41) is 0. The molecule has 0 amide bonds. The molecule has 3 heteroatoms. The van der Waals surface area contributed by atoms with Crippen molar-refractivity contribution in [2.24, 2.45) is 4.99 Å². The fourth-order valence-corrected chi connectivity index (χ4v) is 1.03. The van der Waals surface area contributed by atoms with Gasteiger partial charge in [0.15, 0.2) is 0 Å². The van der Waals surface area contributed by atoms with Crippen LogP contribution in [0.15, 0.2) is 34.2 Å². The smallest absolute Gasteiger partial charge is 0.0762 e. The lowest BCUT2D eigenvalue weighted by molar-refractivity contribution is 1.40. The first kappa shape index (κ1) is 7.77. The van der Waals surface area contributed by atoms with Crippen molar-refractivity contribution < 1.29 is 0 Å². The third-order valence-corrected chi connectivity index (χ3v) is 1.62. The molecular weight excluding hydrogens is 161 g/mol. The number of benzene rings is 1. The molecule has 0 saturated carbocycles. The average Bonchev–Trinajstić information content (AvgIpc) is 1.94. The van der Waals surface area contributed by atoms with Crippen molar-refractivity contribution in [1.29, 1.82) is 0 Å². The van der Waals surface area contributed by atoms with E-state index in [1.807, 2.05) is 24.3 Å². The second-order valence-electron chi connectivity index (χ2n) is 1.77. The predicted molar refractivity (Wildman–Crippen MR) is 51.6 cm³/mol. The van der Waals surface area contributed by atoms with Gasteiger partial charge in [-0.3, -0.25) is 4.99 Å². The highest BCUT2D eigenvalue weighted by molar-refractivity contribution is 7.80. The van der Waals surface area contributed by atoms with E-state index >= 15 is 0 Å². The number of para-hydroxylation sites is 1. The normalized spacial score (nSPS) is 10.6. The second kappa shape index (κ2) is 3.75. The molecule has 0 aliphatic heterocycles. The highest BCUT2D eigenvalue weighted by Crippen LogP contribution is 2.21. The summed E-state index contributed by atoms with van der Waals surface area (Å²) in [7, 11) is 2.42. The van der Waals surface area contributed by atoms with Gasteiger partial charge in [-0.15, -0.1) is 12.6 Å². The van der Waals surface area contributed by atoms with E-state index < -0.39 is 0 Å². The fourth-order valence-electron chi connectivity index (χ4n) is 0.654. The van der Waals surface area contributed by atoms with Crippen LogP contribution in [0.1, 0.15) is 0 Å². The average molecular weight is 169 g/mol. The quantitative estimate of drug-likeness (QED) is 0.377. The molecule has 1 unspecified atom stereocenters. The van der Waals surface area contributed by atoms with Crippen LogP contribution in [0.4, 0.5) is 5.69 Å². The number of hydrogen-bond acceptors (Lipinski definition) is 2. The zero-order valence-electron chi connectivity index (χ0n) is 5.36. The molecule has 0 N–H and O–H groups in total. The molecule has 0 spiro atoms. The van der Waals surface area contributed by atoms with Gasteiger partial charge in [0.05, 0.1) is 5.69 Å². The van der Waals surface area contributed by atoms with E-state index in [2.05, 4.69) is 26.9 Å². The summed E-state index contributed by atoms with van der Waals surface area (Å²) >= 11 is 4.21. The predicted octanol–water partition coefficient (Wildman–Crippen LogP) is 2.51. The first-order chi connectivity index (χ1) is 4.84. The van der Waals surface area contributed by atoms with Gasteiger partial charge in [-0.05, 0) is 12.1 Å². The van der Waals surface area contributed by atoms with Crippen molar-refractivity contribution in [3.63, 3.8) is 0 Å². The molecule has 1 atom stereocenters.